The lowest BCUT2D eigenvalue weighted by Crippen LogP contribution is -2.37. The molecule has 0 radical (unpaired) electrons. The highest BCUT2D eigenvalue weighted by atomic mass is 31.2. The van der Waals surface area contributed by atoms with E-state index in [-0.39, 0.29) is 25.6 Å². The van der Waals surface area contributed by atoms with Gasteiger partial charge in [0.05, 0.1) is 27.7 Å². The number of phosphoric ester groups is 1. The fourth-order valence-electron chi connectivity index (χ4n) is 7.25. The minimum Gasteiger partial charge on any atom is -0.462 e. The van der Waals surface area contributed by atoms with Crippen molar-refractivity contribution in [2.45, 2.75) is 251 Å². The molecular weight excluding hydrogens is 750 g/mol. The molecule has 0 spiro atoms. The number of ether oxygens (including phenoxy) is 2. The Bertz CT molecular complexity index is 958. The van der Waals surface area contributed by atoms with Crippen LogP contribution in [0.3, 0.4) is 0 Å². The van der Waals surface area contributed by atoms with E-state index in [1.54, 1.807) is 0 Å². The van der Waals surface area contributed by atoms with Crippen molar-refractivity contribution in [3.63, 3.8) is 0 Å². The van der Waals surface area contributed by atoms with E-state index in [9.17, 15) is 19.0 Å². The van der Waals surface area contributed by atoms with Gasteiger partial charge in [-0.25, -0.2) is 4.57 Å². The summed E-state index contributed by atoms with van der Waals surface area (Å²) in [5.74, 6) is -0.790. The summed E-state index contributed by atoms with van der Waals surface area (Å²) < 4.78 is 34.2. The largest absolute Gasteiger partial charge is 0.472 e. The Morgan fingerprint density at radius 2 is 0.776 bits per heavy atom. The molecule has 0 aromatic carbocycles. The number of hydrogen-bond acceptors (Lipinski definition) is 7. The maximum atomic E-state index is 12.7. The molecule has 0 aromatic heterocycles. The first-order chi connectivity index (χ1) is 28.0. The molecule has 0 saturated heterocycles. The summed E-state index contributed by atoms with van der Waals surface area (Å²) in [5, 5.41) is 0. The van der Waals surface area contributed by atoms with Gasteiger partial charge >= 0.3 is 19.8 Å². The van der Waals surface area contributed by atoms with Crippen molar-refractivity contribution in [1.82, 2.24) is 0 Å². The van der Waals surface area contributed by atoms with Crippen LogP contribution in [0.1, 0.15) is 245 Å². The van der Waals surface area contributed by atoms with Crippen LogP contribution >= 0.6 is 7.82 Å². The number of unbranched alkanes of at least 4 members (excludes halogenated alkanes) is 32. The number of rotatable bonds is 46. The number of hydrogen-bond donors (Lipinski definition) is 1. The highest BCUT2D eigenvalue weighted by Gasteiger charge is 2.27. The predicted molar refractivity (Wildman–Crippen MR) is 243 cm³/mol. The van der Waals surface area contributed by atoms with Gasteiger partial charge in [-0.1, -0.05) is 219 Å². The smallest absolute Gasteiger partial charge is 0.462 e. The van der Waals surface area contributed by atoms with Crippen molar-refractivity contribution in [1.29, 1.82) is 0 Å². The van der Waals surface area contributed by atoms with Crippen LogP contribution < -0.4 is 0 Å². The maximum absolute atomic E-state index is 12.7. The van der Waals surface area contributed by atoms with Gasteiger partial charge in [0.1, 0.15) is 19.8 Å². The van der Waals surface area contributed by atoms with Gasteiger partial charge in [0, 0.05) is 12.8 Å². The first-order valence-corrected chi connectivity index (χ1v) is 26.3. The summed E-state index contributed by atoms with van der Waals surface area (Å²) in [4.78, 5) is 35.2. The number of phosphoric acid groups is 1. The molecule has 2 atom stereocenters. The average molecular weight is 847 g/mol. The molecule has 346 valence electrons. The summed E-state index contributed by atoms with van der Waals surface area (Å²) in [6, 6.07) is 0. The van der Waals surface area contributed by atoms with Crippen molar-refractivity contribution in [2.75, 3.05) is 47.5 Å². The van der Waals surface area contributed by atoms with Crippen molar-refractivity contribution in [3.05, 3.63) is 0 Å². The van der Waals surface area contributed by atoms with Crippen molar-refractivity contribution < 1.29 is 42.1 Å². The van der Waals surface area contributed by atoms with Crippen LogP contribution in [0.4, 0.5) is 0 Å². The zero-order valence-electron chi connectivity index (χ0n) is 39.1. The molecular formula is C48H97NO8P+. The zero-order chi connectivity index (χ0) is 42.8. The molecule has 0 saturated carbocycles. The standard InChI is InChI=1S/C48H96NO8P/c1-6-8-10-12-14-15-16-17-18-19-20-21-22-23-24-25-26-27-28-29-30-31-32-33-35-37-39-41-48(51)57-46(45-56-58(52,53)55-43-42-49(3,4)5)44-54-47(50)40-38-36-34-13-11-9-7-2/h46H,6-45H2,1-5H3/p+1. The quantitative estimate of drug-likeness (QED) is 0.0279. The number of likely N-dealkylation sites (N-methyl/N-ethyl adjacent to an activating group) is 1. The van der Waals surface area contributed by atoms with Crippen LogP contribution in [0.5, 0.6) is 0 Å². The molecule has 0 bridgehead atoms. The average Bonchev–Trinajstić information content (AvgIpc) is 3.17. The molecule has 9 nitrogen and oxygen atoms in total. The lowest BCUT2D eigenvalue weighted by molar-refractivity contribution is -0.870. The second kappa shape index (κ2) is 41.4. The molecule has 10 heteroatoms. The molecule has 0 amide bonds. The maximum Gasteiger partial charge on any atom is 0.472 e. The monoisotopic (exact) mass is 847 g/mol. The first kappa shape index (κ1) is 57.0. The SMILES string of the molecule is CCCCCCCCCCCCCCCCCCCCCCCCCCCCCC(=O)OC(COC(=O)CCCCCCCCC)COP(=O)(O)OCC[N+](C)(C)C. The van der Waals surface area contributed by atoms with Crippen LogP contribution in [0.15, 0.2) is 0 Å². The minimum absolute atomic E-state index is 0.0365. The number of quaternary nitrogens is 1. The molecule has 1 N–H and O–H groups in total. The Morgan fingerprint density at radius 1 is 0.466 bits per heavy atom. The van der Waals surface area contributed by atoms with Crippen LogP contribution in [0.25, 0.3) is 0 Å². The molecule has 0 heterocycles. The molecule has 0 fully saturated rings. The first-order valence-electron chi connectivity index (χ1n) is 24.8. The van der Waals surface area contributed by atoms with Gasteiger partial charge < -0.3 is 18.9 Å². The Labute approximate surface area is 359 Å². The Hall–Kier alpha value is -0.990. The van der Waals surface area contributed by atoms with Crippen molar-refractivity contribution in [3.8, 4) is 0 Å². The third-order valence-electron chi connectivity index (χ3n) is 11.1. The van der Waals surface area contributed by atoms with Crippen molar-refractivity contribution in [2.24, 2.45) is 0 Å². The molecule has 0 aromatic rings. The Morgan fingerprint density at radius 3 is 1.10 bits per heavy atom. The van der Waals surface area contributed by atoms with Crippen LogP contribution in [-0.2, 0) is 32.7 Å². The summed E-state index contributed by atoms with van der Waals surface area (Å²) >= 11 is 0. The van der Waals surface area contributed by atoms with Gasteiger partial charge in [0.25, 0.3) is 0 Å². The lowest BCUT2D eigenvalue weighted by atomic mass is 10.0. The minimum atomic E-state index is -4.36. The molecule has 0 aliphatic rings. The predicted octanol–water partition coefficient (Wildman–Crippen LogP) is 14.4. The van der Waals surface area contributed by atoms with Gasteiger partial charge in [0.15, 0.2) is 6.10 Å². The number of esters is 2. The highest BCUT2D eigenvalue weighted by molar-refractivity contribution is 7.47. The highest BCUT2D eigenvalue weighted by Crippen LogP contribution is 2.43. The van der Waals surface area contributed by atoms with Gasteiger partial charge in [-0.05, 0) is 12.8 Å². The van der Waals surface area contributed by atoms with E-state index in [2.05, 4.69) is 13.8 Å². The number of nitrogens with zero attached hydrogens (tertiary/aromatic N) is 1. The van der Waals surface area contributed by atoms with Crippen LogP contribution in [0.2, 0.25) is 0 Å². The summed E-state index contributed by atoms with van der Waals surface area (Å²) in [6.45, 7) is 4.42. The van der Waals surface area contributed by atoms with E-state index < -0.39 is 26.5 Å². The Balaban J connectivity index is 3.97. The van der Waals surface area contributed by atoms with Crippen LogP contribution in [-0.4, -0.2) is 74.9 Å². The third kappa shape index (κ3) is 44.6. The van der Waals surface area contributed by atoms with E-state index >= 15 is 0 Å². The van der Waals surface area contributed by atoms with Gasteiger partial charge in [-0.2, -0.15) is 0 Å². The lowest BCUT2D eigenvalue weighted by Gasteiger charge is -2.24. The Kier molecular flexibility index (Phi) is 40.7. The normalized spacial score (nSPS) is 13.4. The van der Waals surface area contributed by atoms with Gasteiger partial charge in [-0.15, -0.1) is 0 Å². The second-order valence-electron chi connectivity index (χ2n) is 18.2. The van der Waals surface area contributed by atoms with E-state index in [1.807, 2.05) is 21.1 Å². The summed E-state index contributed by atoms with van der Waals surface area (Å²) in [7, 11) is 1.49. The fraction of sp³-hybridized carbons (Fsp3) is 0.958. The fourth-order valence-corrected chi connectivity index (χ4v) is 7.99. The summed E-state index contributed by atoms with van der Waals surface area (Å²) in [5.41, 5.74) is 0. The summed E-state index contributed by atoms with van der Waals surface area (Å²) in [6.07, 6.45) is 43.4. The third-order valence-corrected chi connectivity index (χ3v) is 12.1. The van der Waals surface area contributed by atoms with E-state index in [1.165, 1.54) is 180 Å². The van der Waals surface area contributed by atoms with Gasteiger partial charge in [0.2, 0.25) is 0 Å². The second-order valence-corrected chi connectivity index (χ2v) is 19.7. The topological polar surface area (TPSA) is 108 Å². The molecule has 0 aliphatic heterocycles. The number of carbonyl (C=O) groups is 2. The molecule has 2 unspecified atom stereocenters. The molecule has 0 aliphatic carbocycles. The molecule has 58 heavy (non-hydrogen) atoms. The number of carbonyl (C=O) groups excluding carboxylic acids is 2. The van der Waals surface area contributed by atoms with Gasteiger partial charge in [-0.3, -0.25) is 18.6 Å². The van der Waals surface area contributed by atoms with Crippen LogP contribution in [0, 0.1) is 0 Å². The molecule has 0 rings (SSSR count). The van der Waals surface area contributed by atoms with E-state index in [0.717, 1.165) is 38.5 Å². The van der Waals surface area contributed by atoms with Crippen molar-refractivity contribution >= 4 is 19.8 Å². The van der Waals surface area contributed by atoms with E-state index in [0.29, 0.717) is 17.4 Å². The zero-order valence-corrected chi connectivity index (χ0v) is 40.0. The van der Waals surface area contributed by atoms with E-state index in [4.69, 9.17) is 18.5 Å².